The van der Waals surface area contributed by atoms with Crippen LogP contribution in [0.2, 0.25) is 0 Å². The van der Waals surface area contributed by atoms with E-state index < -0.39 is 0 Å². The number of aromatic nitrogens is 1. The first kappa shape index (κ1) is 18.2. The van der Waals surface area contributed by atoms with Crippen molar-refractivity contribution in [1.29, 1.82) is 0 Å². The van der Waals surface area contributed by atoms with E-state index in [1.54, 1.807) is 29.8 Å². The molecule has 0 spiro atoms. The Hall–Kier alpha value is -2.18. The molecular weight excluding hydrogens is 376 g/mol. The lowest BCUT2D eigenvalue weighted by Gasteiger charge is -2.16. The van der Waals surface area contributed by atoms with Gasteiger partial charge in [0.05, 0.1) is 28.7 Å². The Kier molecular flexibility index (Phi) is 4.78. The van der Waals surface area contributed by atoms with Gasteiger partial charge in [-0.05, 0) is 74.6 Å². The maximum atomic E-state index is 12.8. The van der Waals surface area contributed by atoms with Gasteiger partial charge >= 0.3 is 0 Å². The van der Waals surface area contributed by atoms with Gasteiger partial charge in [-0.3, -0.25) is 4.79 Å². The second-order valence-electron chi connectivity index (χ2n) is 6.87. The average molecular weight is 399 g/mol. The number of thiazole rings is 1. The quantitative estimate of drug-likeness (QED) is 0.666. The number of carbonyl (C=O) groups excluding carboxylic acids is 1. The molecule has 0 saturated carbocycles. The molecule has 1 atom stereocenters. The molecule has 0 bridgehead atoms. The Morgan fingerprint density at radius 3 is 2.67 bits per heavy atom. The average Bonchev–Trinajstić information content (AvgIpc) is 3.24. The lowest BCUT2D eigenvalue weighted by molar-refractivity contribution is 0.0944. The number of thiophene rings is 1. The van der Waals surface area contributed by atoms with Crippen molar-refractivity contribution in [3.63, 3.8) is 0 Å². The zero-order valence-electron chi connectivity index (χ0n) is 15.9. The van der Waals surface area contributed by atoms with Crippen LogP contribution in [0.4, 0.5) is 0 Å². The smallest absolute Gasteiger partial charge is 0.261 e. The van der Waals surface area contributed by atoms with Crippen LogP contribution >= 0.6 is 22.7 Å². The minimum atomic E-state index is -0.0422. The van der Waals surface area contributed by atoms with Gasteiger partial charge in [0.2, 0.25) is 0 Å². The Bertz CT molecular complexity index is 1020. The molecule has 2 heterocycles. The molecule has 1 N–H and O–H groups in total. The Balaban J connectivity index is 1.58. The number of carbonyl (C=O) groups is 1. The molecule has 4 nitrogen and oxygen atoms in total. The van der Waals surface area contributed by atoms with Gasteiger partial charge in [0, 0.05) is 9.75 Å². The van der Waals surface area contributed by atoms with Gasteiger partial charge in [-0.15, -0.1) is 22.7 Å². The van der Waals surface area contributed by atoms with Crippen LogP contribution in [0, 0.1) is 13.8 Å². The molecular formula is C21H22N2O2S2. The van der Waals surface area contributed by atoms with E-state index in [4.69, 9.17) is 4.74 Å². The molecule has 1 aliphatic carbocycles. The van der Waals surface area contributed by atoms with Crippen molar-refractivity contribution < 1.29 is 9.53 Å². The molecule has 4 rings (SSSR count). The maximum absolute atomic E-state index is 12.8. The first-order valence-corrected chi connectivity index (χ1v) is 10.6. The largest absolute Gasteiger partial charge is 0.497 e. The van der Waals surface area contributed by atoms with E-state index in [0.717, 1.165) is 39.0 Å². The predicted octanol–water partition coefficient (Wildman–Crippen LogP) is 5.09. The highest BCUT2D eigenvalue weighted by atomic mass is 32.1. The number of amides is 1. The number of rotatable bonds is 4. The number of hydrogen-bond acceptors (Lipinski definition) is 5. The third kappa shape index (κ3) is 3.39. The van der Waals surface area contributed by atoms with E-state index in [0.29, 0.717) is 0 Å². The van der Waals surface area contributed by atoms with E-state index in [2.05, 4.69) is 28.5 Å². The number of fused-ring (bicyclic) bond motifs is 3. The molecule has 1 aromatic carbocycles. The molecule has 1 aliphatic rings. The number of ether oxygens (including phenoxy) is 1. The van der Waals surface area contributed by atoms with Gasteiger partial charge in [0.15, 0.2) is 0 Å². The van der Waals surface area contributed by atoms with Crippen molar-refractivity contribution in [2.75, 3.05) is 7.11 Å². The number of methoxy groups -OCH3 is 1. The molecule has 2 aromatic heterocycles. The van der Waals surface area contributed by atoms with Crippen molar-refractivity contribution in [2.45, 2.75) is 39.7 Å². The highest BCUT2D eigenvalue weighted by Crippen LogP contribution is 2.41. The molecule has 0 aliphatic heterocycles. The van der Waals surface area contributed by atoms with Crippen molar-refractivity contribution in [3.8, 4) is 16.2 Å². The van der Waals surface area contributed by atoms with Gasteiger partial charge in [0.25, 0.3) is 5.91 Å². The molecule has 6 heteroatoms. The topological polar surface area (TPSA) is 51.2 Å². The van der Waals surface area contributed by atoms with Crippen LogP contribution in [-0.2, 0) is 12.8 Å². The third-order valence-electron chi connectivity index (χ3n) is 4.93. The van der Waals surface area contributed by atoms with Crippen LogP contribution in [0.3, 0.4) is 0 Å². The van der Waals surface area contributed by atoms with Crippen LogP contribution in [0.5, 0.6) is 5.75 Å². The van der Waals surface area contributed by atoms with Crippen LogP contribution < -0.4 is 10.1 Å². The summed E-state index contributed by atoms with van der Waals surface area (Å²) in [6, 6.07) is 8.22. The zero-order chi connectivity index (χ0) is 19.1. The minimum Gasteiger partial charge on any atom is -0.497 e. The van der Waals surface area contributed by atoms with Gasteiger partial charge in [-0.25, -0.2) is 4.98 Å². The standard InChI is InChI=1S/C21H22N2O2S2/c1-11-19(26-13(3)22-11)12(2)23-21(24)18-10-15-6-5-14-9-16(25-4)7-8-17(14)20(15)27-18/h7-10,12H,5-6H2,1-4H3,(H,23,24)/t12-/m0/s1. The molecule has 0 radical (unpaired) electrons. The fraction of sp³-hybridized carbons (Fsp3) is 0.333. The summed E-state index contributed by atoms with van der Waals surface area (Å²) < 4.78 is 5.34. The lowest BCUT2D eigenvalue weighted by atomic mass is 9.91. The second kappa shape index (κ2) is 7.09. The first-order valence-electron chi connectivity index (χ1n) is 9.01. The van der Waals surface area contributed by atoms with Crippen LogP contribution in [0.15, 0.2) is 24.3 Å². The van der Waals surface area contributed by atoms with E-state index >= 15 is 0 Å². The van der Waals surface area contributed by atoms with Gasteiger partial charge < -0.3 is 10.1 Å². The van der Waals surface area contributed by atoms with Gasteiger partial charge in [-0.1, -0.05) is 0 Å². The molecule has 27 heavy (non-hydrogen) atoms. The summed E-state index contributed by atoms with van der Waals surface area (Å²) in [5, 5.41) is 4.17. The van der Waals surface area contributed by atoms with Crippen LogP contribution in [0.25, 0.3) is 10.4 Å². The first-order chi connectivity index (χ1) is 13.0. The van der Waals surface area contributed by atoms with E-state index in [-0.39, 0.29) is 11.9 Å². The summed E-state index contributed by atoms with van der Waals surface area (Å²) >= 11 is 3.23. The predicted molar refractivity (Wildman–Crippen MR) is 111 cm³/mol. The fourth-order valence-corrected chi connectivity index (χ4v) is 5.73. The Morgan fingerprint density at radius 1 is 1.19 bits per heavy atom. The normalized spacial score (nSPS) is 13.6. The van der Waals surface area contributed by atoms with Crippen LogP contribution in [-0.4, -0.2) is 18.0 Å². The highest BCUT2D eigenvalue weighted by molar-refractivity contribution is 7.17. The number of nitrogens with zero attached hydrogens (tertiary/aromatic N) is 1. The highest BCUT2D eigenvalue weighted by Gasteiger charge is 2.23. The molecule has 140 valence electrons. The fourth-order valence-electron chi connectivity index (χ4n) is 3.63. The molecule has 3 aromatic rings. The van der Waals surface area contributed by atoms with E-state index in [1.807, 2.05) is 26.8 Å². The lowest BCUT2D eigenvalue weighted by Crippen LogP contribution is -2.25. The maximum Gasteiger partial charge on any atom is 0.261 e. The molecule has 1 amide bonds. The molecule has 0 unspecified atom stereocenters. The molecule has 0 saturated heterocycles. The summed E-state index contributed by atoms with van der Waals surface area (Å²) in [5.74, 6) is 0.873. The zero-order valence-corrected chi connectivity index (χ0v) is 17.5. The number of benzene rings is 1. The molecule has 0 fully saturated rings. The second-order valence-corrected chi connectivity index (χ2v) is 9.15. The summed E-state index contributed by atoms with van der Waals surface area (Å²) in [6.07, 6.45) is 1.94. The summed E-state index contributed by atoms with van der Waals surface area (Å²) in [6.45, 7) is 6.01. The Labute approximate surface area is 167 Å². The summed E-state index contributed by atoms with van der Waals surface area (Å²) in [7, 11) is 1.69. The number of nitrogens with one attached hydrogen (secondary N) is 1. The van der Waals surface area contributed by atoms with Crippen molar-refractivity contribution in [1.82, 2.24) is 10.3 Å². The SMILES string of the molecule is COc1ccc2c(c1)CCc1cc(C(=O)N[C@@H](C)c3sc(C)nc3C)sc1-2. The monoisotopic (exact) mass is 398 g/mol. The number of aryl methyl sites for hydroxylation is 4. The van der Waals surface area contributed by atoms with Crippen molar-refractivity contribution in [2.24, 2.45) is 0 Å². The van der Waals surface area contributed by atoms with E-state index in [9.17, 15) is 4.79 Å². The Morgan fingerprint density at radius 2 is 1.96 bits per heavy atom. The summed E-state index contributed by atoms with van der Waals surface area (Å²) in [4.78, 5) is 20.4. The van der Waals surface area contributed by atoms with Gasteiger partial charge in [-0.2, -0.15) is 0 Å². The van der Waals surface area contributed by atoms with Crippen molar-refractivity contribution in [3.05, 3.63) is 55.8 Å². The van der Waals surface area contributed by atoms with Gasteiger partial charge in [0.1, 0.15) is 5.75 Å². The van der Waals surface area contributed by atoms with Crippen LogP contribution in [0.1, 0.15) is 49.3 Å². The minimum absolute atomic E-state index is 0.0117. The van der Waals surface area contributed by atoms with E-state index in [1.165, 1.54) is 21.6 Å². The summed E-state index contributed by atoms with van der Waals surface area (Å²) in [5.41, 5.74) is 4.78. The van der Waals surface area contributed by atoms with Crippen molar-refractivity contribution >= 4 is 28.6 Å². The number of hydrogen-bond donors (Lipinski definition) is 1. The third-order valence-corrected chi connectivity index (χ3v) is 7.40.